The number of halogens is 1. The molecule has 1 aromatic rings. The molecule has 3 atom stereocenters. The minimum absolute atomic E-state index is 0.245. The highest BCUT2D eigenvalue weighted by molar-refractivity contribution is 6.30. The van der Waals surface area contributed by atoms with Crippen LogP contribution in [-0.4, -0.2) is 29.5 Å². The lowest BCUT2D eigenvalue weighted by Crippen LogP contribution is -2.44. The lowest BCUT2D eigenvalue weighted by atomic mass is 9.96. The van der Waals surface area contributed by atoms with Crippen LogP contribution in [0.4, 0.5) is 0 Å². The molecule has 0 bridgehead atoms. The van der Waals surface area contributed by atoms with Crippen LogP contribution in [0.25, 0.3) is 0 Å². The van der Waals surface area contributed by atoms with Gasteiger partial charge in [0, 0.05) is 18.0 Å². The predicted octanol–water partition coefficient (Wildman–Crippen LogP) is 2.39. The number of rotatable bonds is 6. The molecular formula is C14H22ClNO2. The molecule has 3 nitrogen and oxygen atoms in total. The van der Waals surface area contributed by atoms with Crippen LogP contribution in [0, 0.1) is 0 Å². The molecule has 18 heavy (non-hydrogen) atoms. The van der Waals surface area contributed by atoms with E-state index in [9.17, 15) is 5.11 Å². The van der Waals surface area contributed by atoms with Gasteiger partial charge < -0.3 is 15.6 Å². The molecule has 3 unspecified atom stereocenters. The molecule has 1 aromatic carbocycles. The fraction of sp³-hybridized carbons (Fsp3) is 0.571. The summed E-state index contributed by atoms with van der Waals surface area (Å²) in [7, 11) is 0. The van der Waals surface area contributed by atoms with E-state index in [0.717, 1.165) is 5.56 Å². The summed E-state index contributed by atoms with van der Waals surface area (Å²) in [4.78, 5) is 0. The molecule has 0 saturated heterocycles. The van der Waals surface area contributed by atoms with E-state index in [4.69, 9.17) is 22.1 Å². The number of aliphatic hydroxyl groups excluding tert-OH is 1. The van der Waals surface area contributed by atoms with Crippen LogP contribution in [0.1, 0.15) is 26.3 Å². The van der Waals surface area contributed by atoms with Crippen LogP contribution >= 0.6 is 11.6 Å². The summed E-state index contributed by atoms with van der Waals surface area (Å²) in [5.41, 5.74) is 6.43. The summed E-state index contributed by atoms with van der Waals surface area (Å²) >= 11 is 5.85. The van der Waals surface area contributed by atoms with Crippen LogP contribution in [0.2, 0.25) is 5.02 Å². The van der Waals surface area contributed by atoms with Gasteiger partial charge in [0.05, 0.1) is 17.8 Å². The topological polar surface area (TPSA) is 55.5 Å². The molecule has 4 heteroatoms. The van der Waals surface area contributed by atoms with Crippen molar-refractivity contribution in [3.05, 3.63) is 34.9 Å². The third kappa shape index (κ3) is 4.58. The van der Waals surface area contributed by atoms with Gasteiger partial charge in [-0.15, -0.1) is 0 Å². The molecule has 1 rings (SSSR count). The molecule has 0 spiro atoms. The predicted molar refractivity (Wildman–Crippen MR) is 74.8 cm³/mol. The third-order valence-electron chi connectivity index (χ3n) is 3.07. The number of ether oxygens (including phenoxy) is 1. The van der Waals surface area contributed by atoms with E-state index in [0.29, 0.717) is 18.0 Å². The Bertz CT molecular complexity index is 367. The highest BCUT2D eigenvalue weighted by Crippen LogP contribution is 2.21. The van der Waals surface area contributed by atoms with Gasteiger partial charge in [0.2, 0.25) is 0 Å². The summed E-state index contributed by atoms with van der Waals surface area (Å²) in [6.45, 7) is 5.91. The van der Waals surface area contributed by atoms with Crippen molar-refractivity contribution < 1.29 is 9.84 Å². The zero-order valence-electron chi connectivity index (χ0n) is 11.2. The van der Waals surface area contributed by atoms with Crippen molar-refractivity contribution >= 4 is 11.6 Å². The first kappa shape index (κ1) is 15.4. The molecule has 0 heterocycles. The third-order valence-corrected chi connectivity index (χ3v) is 3.32. The van der Waals surface area contributed by atoms with Crippen LogP contribution in [0.5, 0.6) is 0 Å². The number of hydrogen-bond donors (Lipinski definition) is 2. The summed E-state index contributed by atoms with van der Waals surface area (Å²) < 4.78 is 5.87. The summed E-state index contributed by atoms with van der Waals surface area (Å²) in [6, 6.07) is 7.64. The summed E-state index contributed by atoms with van der Waals surface area (Å²) in [5, 5.41) is 10.2. The maximum atomic E-state index is 9.50. The number of aliphatic hydroxyl groups is 1. The first-order chi connectivity index (χ1) is 8.36. The molecule has 0 aliphatic carbocycles. The van der Waals surface area contributed by atoms with E-state index >= 15 is 0 Å². The Morgan fingerprint density at radius 1 is 1.33 bits per heavy atom. The van der Waals surface area contributed by atoms with E-state index in [-0.39, 0.29) is 6.10 Å². The molecule has 0 aromatic heterocycles. The van der Waals surface area contributed by atoms with Gasteiger partial charge >= 0.3 is 0 Å². The molecule has 102 valence electrons. The van der Waals surface area contributed by atoms with Crippen molar-refractivity contribution in [2.45, 2.75) is 45.0 Å². The van der Waals surface area contributed by atoms with Crippen LogP contribution in [0.3, 0.4) is 0 Å². The zero-order valence-corrected chi connectivity index (χ0v) is 11.9. The Morgan fingerprint density at radius 3 is 2.33 bits per heavy atom. The highest BCUT2D eigenvalue weighted by Gasteiger charge is 2.27. The average Bonchev–Trinajstić information content (AvgIpc) is 2.32. The minimum atomic E-state index is -0.513. The number of benzene rings is 1. The molecule has 0 amide bonds. The van der Waals surface area contributed by atoms with Gasteiger partial charge in [0.25, 0.3) is 0 Å². The maximum absolute atomic E-state index is 9.50. The van der Waals surface area contributed by atoms with Crippen LogP contribution in [0.15, 0.2) is 24.3 Å². The van der Waals surface area contributed by atoms with Crippen LogP contribution < -0.4 is 5.73 Å². The summed E-state index contributed by atoms with van der Waals surface area (Å²) in [5.74, 6) is 0. The van der Waals surface area contributed by atoms with Gasteiger partial charge in [-0.25, -0.2) is 0 Å². The van der Waals surface area contributed by atoms with Crippen molar-refractivity contribution in [1.82, 2.24) is 0 Å². The van der Waals surface area contributed by atoms with Gasteiger partial charge in [-0.1, -0.05) is 23.7 Å². The maximum Gasteiger partial charge on any atom is 0.0821 e. The quantitative estimate of drug-likeness (QED) is 0.835. The van der Waals surface area contributed by atoms with Crippen LogP contribution in [-0.2, 0) is 11.2 Å². The fourth-order valence-electron chi connectivity index (χ4n) is 1.74. The SMILES string of the molecule is CC(O)C(C)OC(C)(CN)Cc1ccc(Cl)cc1. The van der Waals surface area contributed by atoms with Gasteiger partial charge in [0.15, 0.2) is 0 Å². The smallest absolute Gasteiger partial charge is 0.0821 e. The monoisotopic (exact) mass is 271 g/mol. The number of nitrogens with two attached hydrogens (primary N) is 1. The van der Waals surface area contributed by atoms with E-state index in [1.165, 1.54) is 0 Å². The number of hydrogen-bond acceptors (Lipinski definition) is 3. The van der Waals surface area contributed by atoms with Crippen molar-refractivity contribution in [3.63, 3.8) is 0 Å². The molecule has 0 radical (unpaired) electrons. The Kier molecular flexibility index (Phi) is 5.60. The zero-order chi connectivity index (χ0) is 13.8. The van der Waals surface area contributed by atoms with E-state index in [1.54, 1.807) is 6.92 Å². The van der Waals surface area contributed by atoms with E-state index < -0.39 is 11.7 Å². The lowest BCUT2D eigenvalue weighted by molar-refractivity contribution is -0.109. The molecule has 0 aliphatic heterocycles. The normalized spacial score (nSPS) is 18.1. The van der Waals surface area contributed by atoms with Crippen molar-refractivity contribution in [2.75, 3.05) is 6.54 Å². The van der Waals surface area contributed by atoms with Gasteiger partial charge in [-0.05, 0) is 38.5 Å². The van der Waals surface area contributed by atoms with Gasteiger partial charge in [0.1, 0.15) is 0 Å². The largest absolute Gasteiger partial charge is 0.391 e. The average molecular weight is 272 g/mol. The minimum Gasteiger partial charge on any atom is -0.391 e. The highest BCUT2D eigenvalue weighted by atomic mass is 35.5. The van der Waals surface area contributed by atoms with Crippen molar-refractivity contribution in [1.29, 1.82) is 0 Å². The molecule has 0 saturated carbocycles. The molecule has 0 aliphatic rings. The Labute approximate surface area is 114 Å². The first-order valence-electron chi connectivity index (χ1n) is 6.17. The van der Waals surface area contributed by atoms with E-state index in [1.807, 2.05) is 38.1 Å². The molecule has 0 fully saturated rings. The first-order valence-corrected chi connectivity index (χ1v) is 6.54. The second-order valence-electron chi connectivity index (χ2n) is 5.02. The fourth-order valence-corrected chi connectivity index (χ4v) is 1.87. The lowest BCUT2D eigenvalue weighted by Gasteiger charge is -2.33. The Morgan fingerprint density at radius 2 is 1.89 bits per heavy atom. The van der Waals surface area contributed by atoms with Crippen molar-refractivity contribution in [2.24, 2.45) is 5.73 Å². The Balaban J connectivity index is 2.72. The Hall–Kier alpha value is -0.610. The molecule has 3 N–H and O–H groups in total. The summed E-state index contributed by atoms with van der Waals surface area (Å²) in [6.07, 6.45) is -0.0653. The standard InChI is InChI=1S/C14H22ClNO2/c1-10(17)11(2)18-14(3,9-16)8-12-4-6-13(15)7-5-12/h4-7,10-11,17H,8-9,16H2,1-3H3. The van der Waals surface area contributed by atoms with E-state index in [2.05, 4.69) is 0 Å². The van der Waals surface area contributed by atoms with Gasteiger partial charge in [-0.2, -0.15) is 0 Å². The second-order valence-corrected chi connectivity index (χ2v) is 5.46. The van der Waals surface area contributed by atoms with Gasteiger partial charge in [-0.3, -0.25) is 0 Å². The van der Waals surface area contributed by atoms with Crippen molar-refractivity contribution in [3.8, 4) is 0 Å². The second kappa shape index (κ2) is 6.53. The molecular weight excluding hydrogens is 250 g/mol.